The van der Waals surface area contributed by atoms with Gasteiger partial charge in [0.2, 0.25) is 15.9 Å². The van der Waals surface area contributed by atoms with Crippen LogP contribution in [0, 0.1) is 0 Å². The number of sulfonamides is 1. The van der Waals surface area contributed by atoms with Gasteiger partial charge in [-0.05, 0) is 30.7 Å². The molecule has 0 unspecified atom stereocenters. The summed E-state index contributed by atoms with van der Waals surface area (Å²) in [6.07, 6.45) is 3.72. The molecular weight excluding hydrogens is 290 g/mol. The molecule has 0 saturated heterocycles. The van der Waals surface area contributed by atoms with Gasteiger partial charge in [-0.25, -0.2) is 13.1 Å². The third kappa shape index (κ3) is 3.83. The summed E-state index contributed by atoms with van der Waals surface area (Å²) in [5, 5.41) is 0.903. The van der Waals surface area contributed by atoms with Crippen LogP contribution in [0.25, 0.3) is 10.9 Å². The van der Waals surface area contributed by atoms with Crippen LogP contribution in [0.15, 0.2) is 30.5 Å². The minimum absolute atomic E-state index is 0.175. The minimum Gasteiger partial charge on any atom is -0.366 e. The van der Waals surface area contributed by atoms with Crippen molar-refractivity contribution in [1.29, 1.82) is 0 Å². The van der Waals surface area contributed by atoms with Gasteiger partial charge in [0.25, 0.3) is 0 Å². The highest BCUT2D eigenvalue weighted by molar-refractivity contribution is 7.88. The first-order valence-electron chi connectivity index (χ1n) is 6.66. The van der Waals surface area contributed by atoms with E-state index in [2.05, 4.69) is 4.72 Å². The molecule has 21 heavy (non-hydrogen) atoms. The number of nitrogens with one attached hydrogen (secondary N) is 1. The molecule has 0 spiro atoms. The number of benzene rings is 1. The van der Waals surface area contributed by atoms with Crippen LogP contribution in [0.4, 0.5) is 0 Å². The fourth-order valence-electron chi connectivity index (χ4n) is 2.30. The zero-order valence-corrected chi connectivity index (χ0v) is 12.9. The maximum atomic E-state index is 11.3. The first-order valence-corrected chi connectivity index (χ1v) is 8.55. The first-order chi connectivity index (χ1) is 9.80. The van der Waals surface area contributed by atoms with Gasteiger partial charge in [-0.1, -0.05) is 6.92 Å². The molecule has 0 aliphatic carbocycles. The number of hydrogen-bond acceptors (Lipinski definition) is 3. The lowest BCUT2D eigenvalue weighted by molar-refractivity contribution is 0.100. The Morgan fingerprint density at radius 3 is 2.67 bits per heavy atom. The number of aromatic nitrogens is 1. The molecule has 114 valence electrons. The van der Waals surface area contributed by atoms with Crippen LogP contribution in [0.2, 0.25) is 0 Å². The van der Waals surface area contributed by atoms with E-state index in [4.69, 9.17) is 5.73 Å². The van der Waals surface area contributed by atoms with Crippen molar-refractivity contribution in [2.24, 2.45) is 5.73 Å². The van der Waals surface area contributed by atoms with Crippen molar-refractivity contribution >= 4 is 26.8 Å². The van der Waals surface area contributed by atoms with Crippen LogP contribution in [-0.4, -0.2) is 31.2 Å². The largest absolute Gasteiger partial charge is 0.366 e. The molecule has 0 saturated carbocycles. The molecule has 0 radical (unpaired) electrons. The van der Waals surface area contributed by atoms with E-state index >= 15 is 0 Å². The molecule has 2 aromatic rings. The molecule has 0 aliphatic heterocycles. The lowest BCUT2D eigenvalue weighted by Crippen LogP contribution is -2.36. The van der Waals surface area contributed by atoms with Gasteiger partial charge >= 0.3 is 0 Å². The standard InChI is InChI=1S/C14H19N3O3S/c1-3-12(16-21(2,19)20)9-17-7-6-10-8-11(14(15)18)4-5-13(10)17/h4-8,12,16H,3,9H2,1-2H3,(H2,15,18)/t12-/m0/s1. The van der Waals surface area contributed by atoms with E-state index in [1.807, 2.05) is 29.8 Å². The zero-order valence-electron chi connectivity index (χ0n) is 12.0. The number of carbonyl (C=O) groups is 1. The Balaban J connectivity index is 2.28. The second-order valence-corrected chi connectivity index (χ2v) is 6.88. The van der Waals surface area contributed by atoms with Crippen molar-refractivity contribution in [3.8, 4) is 0 Å². The quantitative estimate of drug-likeness (QED) is 0.835. The number of rotatable bonds is 6. The van der Waals surface area contributed by atoms with Crippen molar-refractivity contribution in [3.05, 3.63) is 36.0 Å². The molecule has 6 nitrogen and oxygen atoms in total. The maximum Gasteiger partial charge on any atom is 0.248 e. The van der Waals surface area contributed by atoms with Crippen molar-refractivity contribution in [1.82, 2.24) is 9.29 Å². The number of nitrogens with zero attached hydrogens (tertiary/aromatic N) is 1. The molecule has 7 heteroatoms. The topological polar surface area (TPSA) is 94.2 Å². The second-order valence-electron chi connectivity index (χ2n) is 5.10. The fourth-order valence-corrected chi connectivity index (χ4v) is 3.15. The van der Waals surface area contributed by atoms with E-state index in [0.717, 1.165) is 17.2 Å². The molecule has 0 aliphatic rings. The Labute approximate surface area is 124 Å². The van der Waals surface area contributed by atoms with Crippen LogP contribution < -0.4 is 10.5 Å². The fraction of sp³-hybridized carbons (Fsp3) is 0.357. The Bertz CT molecular complexity index is 765. The van der Waals surface area contributed by atoms with Gasteiger partial charge < -0.3 is 10.3 Å². The van der Waals surface area contributed by atoms with Gasteiger partial charge in [-0.2, -0.15) is 0 Å². The van der Waals surface area contributed by atoms with Crippen LogP contribution in [0.5, 0.6) is 0 Å². The Hall–Kier alpha value is -1.86. The number of amides is 1. The maximum absolute atomic E-state index is 11.3. The number of primary amides is 1. The van der Waals surface area contributed by atoms with Gasteiger partial charge in [-0.3, -0.25) is 4.79 Å². The van der Waals surface area contributed by atoms with Gasteiger partial charge in [0.1, 0.15) is 0 Å². The normalized spacial score (nSPS) is 13.4. The molecule has 1 aromatic carbocycles. The number of hydrogen-bond donors (Lipinski definition) is 2. The van der Waals surface area contributed by atoms with E-state index in [0.29, 0.717) is 18.5 Å². The highest BCUT2D eigenvalue weighted by atomic mass is 32.2. The van der Waals surface area contributed by atoms with Crippen LogP contribution >= 0.6 is 0 Å². The number of fused-ring (bicyclic) bond motifs is 1. The highest BCUT2D eigenvalue weighted by Gasteiger charge is 2.14. The van der Waals surface area contributed by atoms with Crippen molar-refractivity contribution < 1.29 is 13.2 Å². The lowest BCUT2D eigenvalue weighted by Gasteiger charge is -2.17. The number of carbonyl (C=O) groups excluding carboxylic acids is 1. The van der Waals surface area contributed by atoms with Crippen molar-refractivity contribution in [2.45, 2.75) is 25.9 Å². The van der Waals surface area contributed by atoms with E-state index in [-0.39, 0.29) is 6.04 Å². The second kappa shape index (κ2) is 5.87. The monoisotopic (exact) mass is 309 g/mol. The lowest BCUT2D eigenvalue weighted by atomic mass is 10.1. The summed E-state index contributed by atoms with van der Waals surface area (Å²) in [5.74, 6) is -0.463. The Kier molecular flexibility index (Phi) is 4.34. The Morgan fingerprint density at radius 2 is 2.10 bits per heavy atom. The van der Waals surface area contributed by atoms with Gasteiger partial charge in [0, 0.05) is 35.2 Å². The molecule has 1 amide bonds. The average Bonchev–Trinajstić information content (AvgIpc) is 2.78. The van der Waals surface area contributed by atoms with E-state index in [9.17, 15) is 13.2 Å². The van der Waals surface area contributed by atoms with Crippen molar-refractivity contribution in [3.63, 3.8) is 0 Å². The van der Waals surface area contributed by atoms with E-state index < -0.39 is 15.9 Å². The molecule has 1 heterocycles. The summed E-state index contributed by atoms with van der Waals surface area (Å²) in [6, 6.07) is 6.94. The molecule has 0 bridgehead atoms. The van der Waals surface area contributed by atoms with Gasteiger partial charge in [-0.15, -0.1) is 0 Å². The molecule has 1 aromatic heterocycles. The minimum atomic E-state index is -3.23. The molecule has 2 rings (SSSR count). The molecular formula is C14H19N3O3S. The molecule has 3 N–H and O–H groups in total. The van der Waals surface area contributed by atoms with E-state index in [1.54, 1.807) is 12.1 Å². The summed E-state index contributed by atoms with van der Waals surface area (Å²) >= 11 is 0. The summed E-state index contributed by atoms with van der Waals surface area (Å²) in [7, 11) is -3.23. The summed E-state index contributed by atoms with van der Waals surface area (Å²) in [6.45, 7) is 2.46. The van der Waals surface area contributed by atoms with E-state index in [1.165, 1.54) is 0 Å². The third-order valence-electron chi connectivity index (χ3n) is 3.35. The summed E-state index contributed by atoms with van der Waals surface area (Å²) in [4.78, 5) is 11.2. The zero-order chi connectivity index (χ0) is 15.6. The van der Waals surface area contributed by atoms with Gasteiger partial charge in [0.05, 0.1) is 6.26 Å². The van der Waals surface area contributed by atoms with Crippen LogP contribution in [-0.2, 0) is 16.6 Å². The smallest absolute Gasteiger partial charge is 0.248 e. The molecule has 0 fully saturated rings. The Morgan fingerprint density at radius 1 is 1.38 bits per heavy atom. The molecule has 1 atom stereocenters. The van der Waals surface area contributed by atoms with Crippen molar-refractivity contribution in [2.75, 3.05) is 6.26 Å². The van der Waals surface area contributed by atoms with Gasteiger partial charge in [0.15, 0.2) is 0 Å². The summed E-state index contributed by atoms with van der Waals surface area (Å²) < 4.78 is 27.3. The first kappa shape index (κ1) is 15.5. The predicted molar refractivity (Wildman–Crippen MR) is 82.5 cm³/mol. The average molecular weight is 309 g/mol. The van der Waals surface area contributed by atoms with Crippen LogP contribution in [0.3, 0.4) is 0 Å². The number of nitrogens with two attached hydrogens (primary N) is 1. The highest BCUT2D eigenvalue weighted by Crippen LogP contribution is 2.18. The summed E-state index contributed by atoms with van der Waals surface area (Å²) in [5.41, 5.74) is 6.66. The predicted octanol–water partition coefficient (Wildman–Crippen LogP) is 1.07. The van der Waals surface area contributed by atoms with Crippen LogP contribution in [0.1, 0.15) is 23.7 Å². The SMILES string of the molecule is CC[C@@H](Cn1ccc2cc(C(N)=O)ccc21)NS(C)(=O)=O. The third-order valence-corrected chi connectivity index (χ3v) is 4.11.